The lowest BCUT2D eigenvalue weighted by Crippen LogP contribution is -2.09. The quantitative estimate of drug-likeness (QED) is 0.440. The predicted octanol–water partition coefficient (Wildman–Crippen LogP) is 5.83. The van der Waals surface area contributed by atoms with E-state index < -0.39 is 23.7 Å². The molecule has 1 nitrogen and oxygen atoms in total. The molecule has 22 heavy (non-hydrogen) atoms. The Labute approximate surface area is 137 Å². The largest absolute Gasteiger partial charge is 0.488 e. The zero-order valence-electron chi connectivity index (χ0n) is 11.0. The van der Waals surface area contributed by atoms with Crippen molar-refractivity contribution in [2.75, 3.05) is 0 Å². The lowest BCUT2D eigenvalue weighted by Gasteiger charge is -2.15. The maximum atomic E-state index is 12.9. The van der Waals surface area contributed by atoms with Crippen LogP contribution in [0.3, 0.4) is 0 Å². The highest BCUT2D eigenvalue weighted by Gasteiger charge is 2.33. The standard InChI is InChI=1S/C15H10F5IO/c16-14(17)11-6-10(15(18,19)20)7-12(13(11)21)22-8-9-4-2-1-3-5-9/h1-7,14H,8H2. The van der Waals surface area contributed by atoms with E-state index in [-0.39, 0.29) is 15.9 Å². The number of hydrogen-bond acceptors (Lipinski definition) is 1. The van der Waals surface area contributed by atoms with Crippen molar-refractivity contribution in [2.45, 2.75) is 19.2 Å². The van der Waals surface area contributed by atoms with E-state index in [0.717, 1.165) is 11.6 Å². The molecule has 0 N–H and O–H groups in total. The molecule has 0 heterocycles. The molecule has 0 amide bonds. The Balaban J connectivity index is 2.35. The maximum absolute atomic E-state index is 12.9. The van der Waals surface area contributed by atoms with E-state index in [2.05, 4.69) is 0 Å². The molecule has 0 spiro atoms. The molecular formula is C15H10F5IO. The fraction of sp³-hybridized carbons (Fsp3) is 0.200. The van der Waals surface area contributed by atoms with Crippen molar-refractivity contribution in [2.24, 2.45) is 0 Å². The first-order valence-corrected chi connectivity index (χ1v) is 7.22. The summed E-state index contributed by atoms with van der Waals surface area (Å²) in [6.45, 7) is 0.000824. The summed E-state index contributed by atoms with van der Waals surface area (Å²) >= 11 is 1.57. The molecule has 2 aromatic rings. The number of ether oxygens (including phenoxy) is 1. The number of halogens is 6. The van der Waals surface area contributed by atoms with Crippen LogP contribution in [0.2, 0.25) is 0 Å². The molecule has 0 fully saturated rings. The summed E-state index contributed by atoms with van der Waals surface area (Å²) in [4.78, 5) is 0. The van der Waals surface area contributed by atoms with Crippen LogP contribution in [0.5, 0.6) is 5.75 Å². The Bertz CT molecular complexity index is 640. The average molecular weight is 428 g/mol. The van der Waals surface area contributed by atoms with Crippen LogP contribution in [0.1, 0.15) is 23.1 Å². The van der Waals surface area contributed by atoms with Crippen LogP contribution in [-0.4, -0.2) is 0 Å². The third-order valence-corrected chi connectivity index (χ3v) is 4.02. The highest BCUT2D eigenvalue weighted by Crippen LogP contribution is 2.39. The summed E-state index contributed by atoms with van der Waals surface area (Å²) < 4.78 is 69.5. The van der Waals surface area contributed by atoms with Crippen LogP contribution in [-0.2, 0) is 12.8 Å². The molecule has 0 bridgehead atoms. The molecular weight excluding hydrogens is 418 g/mol. The molecule has 0 atom stereocenters. The summed E-state index contributed by atoms with van der Waals surface area (Å²) in [6.07, 6.45) is -7.72. The molecule has 0 unspecified atom stereocenters. The van der Waals surface area contributed by atoms with Crippen LogP contribution >= 0.6 is 22.6 Å². The highest BCUT2D eigenvalue weighted by atomic mass is 127. The van der Waals surface area contributed by atoms with Gasteiger partial charge in [-0.1, -0.05) is 30.3 Å². The first kappa shape index (κ1) is 17.0. The van der Waals surface area contributed by atoms with Gasteiger partial charge in [0.15, 0.2) is 0 Å². The monoisotopic (exact) mass is 428 g/mol. The first-order chi connectivity index (χ1) is 10.3. The van der Waals surface area contributed by atoms with E-state index in [0.29, 0.717) is 6.07 Å². The molecule has 0 aliphatic carbocycles. The fourth-order valence-electron chi connectivity index (χ4n) is 1.78. The van der Waals surface area contributed by atoms with Crippen molar-refractivity contribution in [3.05, 3.63) is 62.7 Å². The smallest absolute Gasteiger partial charge is 0.416 e. The number of rotatable bonds is 4. The molecule has 0 aromatic heterocycles. The molecule has 0 saturated heterocycles. The van der Waals surface area contributed by atoms with Gasteiger partial charge in [-0.15, -0.1) is 0 Å². The van der Waals surface area contributed by atoms with Gasteiger partial charge >= 0.3 is 6.18 Å². The van der Waals surface area contributed by atoms with E-state index in [4.69, 9.17) is 4.74 Å². The van der Waals surface area contributed by atoms with Crippen LogP contribution in [0, 0.1) is 3.57 Å². The minimum atomic E-state index is -4.71. The van der Waals surface area contributed by atoms with Gasteiger partial charge in [-0.2, -0.15) is 13.2 Å². The van der Waals surface area contributed by atoms with Crippen LogP contribution in [0.25, 0.3) is 0 Å². The maximum Gasteiger partial charge on any atom is 0.416 e. The zero-order chi connectivity index (χ0) is 16.3. The molecule has 0 aliphatic heterocycles. The lowest BCUT2D eigenvalue weighted by atomic mass is 10.1. The molecule has 0 saturated carbocycles. The first-order valence-electron chi connectivity index (χ1n) is 6.14. The van der Waals surface area contributed by atoms with Crippen LogP contribution < -0.4 is 4.74 Å². The third kappa shape index (κ3) is 4.08. The van der Waals surface area contributed by atoms with Gasteiger partial charge in [-0.25, -0.2) is 8.78 Å². The topological polar surface area (TPSA) is 9.23 Å². The molecule has 0 radical (unpaired) electrons. The van der Waals surface area contributed by atoms with Gasteiger partial charge in [0.2, 0.25) is 0 Å². The number of benzene rings is 2. The number of hydrogen-bond donors (Lipinski definition) is 0. The molecule has 2 aromatic carbocycles. The van der Waals surface area contributed by atoms with Crippen molar-refractivity contribution < 1.29 is 26.7 Å². The Morgan fingerprint density at radius 1 is 1.05 bits per heavy atom. The lowest BCUT2D eigenvalue weighted by molar-refractivity contribution is -0.137. The van der Waals surface area contributed by atoms with Gasteiger partial charge in [0, 0.05) is 5.56 Å². The third-order valence-electron chi connectivity index (χ3n) is 2.87. The summed E-state index contributed by atoms with van der Waals surface area (Å²) in [6, 6.07) is 9.95. The van der Waals surface area contributed by atoms with Gasteiger partial charge in [0.25, 0.3) is 6.43 Å². The van der Waals surface area contributed by atoms with E-state index in [1.807, 2.05) is 0 Å². The van der Waals surface area contributed by atoms with Crippen molar-refractivity contribution in [1.82, 2.24) is 0 Å². The second-order valence-corrected chi connectivity index (χ2v) is 5.53. The Morgan fingerprint density at radius 2 is 1.68 bits per heavy atom. The van der Waals surface area contributed by atoms with Crippen molar-refractivity contribution in [3.8, 4) is 5.75 Å². The van der Waals surface area contributed by atoms with E-state index >= 15 is 0 Å². The summed E-state index contributed by atoms with van der Waals surface area (Å²) in [7, 11) is 0. The second-order valence-electron chi connectivity index (χ2n) is 4.45. The molecule has 2 rings (SSSR count). The fourth-order valence-corrected chi connectivity index (χ4v) is 2.48. The van der Waals surface area contributed by atoms with Crippen LogP contribution in [0.4, 0.5) is 22.0 Å². The predicted molar refractivity (Wildman–Crippen MR) is 79.9 cm³/mol. The Morgan fingerprint density at radius 3 is 2.23 bits per heavy atom. The molecule has 118 valence electrons. The number of alkyl halides is 5. The van der Waals surface area contributed by atoms with Crippen LogP contribution in [0.15, 0.2) is 42.5 Å². The van der Waals surface area contributed by atoms with Gasteiger partial charge in [0.1, 0.15) is 12.4 Å². The zero-order valence-corrected chi connectivity index (χ0v) is 13.2. The van der Waals surface area contributed by atoms with E-state index in [9.17, 15) is 22.0 Å². The molecule has 0 aliphatic rings. The summed E-state index contributed by atoms with van der Waals surface area (Å²) in [5.41, 5.74) is -1.10. The van der Waals surface area contributed by atoms with Gasteiger partial charge in [-0.3, -0.25) is 0 Å². The summed E-state index contributed by atoms with van der Waals surface area (Å²) in [5.74, 6) is -0.199. The van der Waals surface area contributed by atoms with Gasteiger partial charge in [-0.05, 0) is 40.3 Å². The van der Waals surface area contributed by atoms with E-state index in [1.54, 1.807) is 52.9 Å². The van der Waals surface area contributed by atoms with Crippen molar-refractivity contribution in [1.29, 1.82) is 0 Å². The average Bonchev–Trinajstić information content (AvgIpc) is 2.45. The Hall–Kier alpha value is -1.38. The molecule has 7 heteroatoms. The summed E-state index contributed by atoms with van der Waals surface area (Å²) in [5, 5.41) is 0. The second kappa shape index (κ2) is 6.80. The van der Waals surface area contributed by atoms with Crippen molar-refractivity contribution >= 4 is 22.6 Å². The Kier molecular flexibility index (Phi) is 5.25. The van der Waals surface area contributed by atoms with E-state index in [1.165, 1.54) is 0 Å². The van der Waals surface area contributed by atoms with Gasteiger partial charge in [0.05, 0.1) is 9.13 Å². The van der Waals surface area contributed by atoms with Crippen molar-refractivity contribution in [3.63, 3.8) is 0 Å². The minimum Gasteiger partial charge on any atom is -0.488 e. The minimum absolute atomic E-state index is 0.000824. The highest BCUT2D eigenvalue weighted by molar-refractivity contribution is 14.1. The van der Waals surface area contributed by atoms with Gasteiger partial charge < -0.3 is 4.74 Å². The SMILES string of the molecule is FC(F)c1cc(C(F)(F)F)cc(OCc2ccccc2)c1I. The normalized spacial score (nSPS) is 11.8.